The van der Waals surface area contributed by atoms with E-state index in [0.717, 1.165) is 0 Å². The average Bonchev–Trinajstić information content (AvgIpc) is 2.78. The first-order chi connectivity index (χ1) is 16.5. The first-order valence-electron chi connectivity index (χ1n) is 10.6. The van der Waals surface area contributed by atoms with Gasteiger partial charge in [-0.05, 0) is 46.8 Å². The normalized spacial score (nSPS) is 10.1. The number of primary amides is 1. The van der Waals surface area contributed by atoms with Gasteiger partial charge in [0.2, 0.25) is 0 Å². The number of nitrogen functional groups attached to an aromatic ring is 1. The second-order valence-corrected chi connectivity index (χ2v) is 7.43. The number of hydrogen-bond donors (Lipinski definition) is 3. The van der Waals surface area contributed by atoms with Crippen LogP contribution in [0.15, 0.2) is 23.3 Å². The second kappa shape index (κ2) is 16.8. The lowest BCUT2D eigenvalue weighted by Gasteiger charge is -2.15. The highest BCUT2D eigenvalue weighted by atomic mass is 35.5. The highest BCUT2D eigenvalue weighted by molar-refractivity contribution is 6.33. The first kappa shape index (κ1) is 33.2. The number of rotatable bonds is 7. The van der Waals surface area contributed by atoms with Gasteiger partial charge in [-0.2, -0.15) is 0 Å². The van der Waals surface area contributed by atoms with E-state index in [2.05, 4.69) is 19.9 Å². The van der Waals surface area contributed by atoms with Crippen molar-refractivity contribution < 1.29 is 19.0 Å². The molecule has 0 saturated carbocycles. The van der Waals surface area contributed by atoms with E-state index in [1.807, 2.05) is 20.8 Å². The Hall–Kier alpha value is -2.83. The molecule has 0 aliphatic heterocycles. The van der Waals surface area contributed by atoms with Gasteiger partial charge in [0.15, 0.2) is 10.3 Å². The molecule has 36 heavy (non-hydrogen) atoms. The molecule has 0 unspecified atom stereocenters. The van der Waals surface area contributed by atoms with Crippen molar-refractivity contribution in [2.24, 2.45) is 5.73 Å². The van der Waals surface area contributed by atoms with Crippen molar-refractivity contribution in [3.8, 4) is 0 Å². The van der Waals surface area contributed by atoms with Gasteiger partial charge in [-0.1, -0.05) is 30.6 Å². The van der Waals surface area contributed by atoms with Gasteiger partial charge in [0, 0.05) is 31.2 Å². The summed E-state index contributed by atoms with van der Waals surface area (Å²) in [4.78, 5) is 36.3. The summed E-state index contributed by atoms with van der Waals surface area (Å²) in [6.07, 6.45) is 1.31. The maximum atomic E-state index is 11.3. The fourth-order valence-corrected chi connectivity index (χ4v) is 3.08. The van der Waals surface area contributed by atoms with Crippen LogP contribution in [0, 0.1) is 13.8 Å². The Labute approximate surface area is 220 Å². The topological polar surface area (TPSA) is 168 Å². The molecule has 3 aromatic rings. The molecular formula is C23H34Cl2N6O5. The van der Waals surface area contributed by atoms with Gasteiger partial charge in [-0.15, -0.1) is 0 Å². The van der Waals surface area contributed by atoms with Gasteiger partial charge in [-0.25, -0.2) is 15.0 Å². The van der Waals surface area contributed by atoms with E-state index in [4.69, 9.17) is 48.9 Å². The Bertz CT molecular complexity index is 1160. The molecule has 3 aromatic heterocycles. The van der Waals surface area contributed by atoms with Crippen molar-refractivity contribution >= 4 is 45.7 Å². The number of nitrogens with zero attached hydrogens (tertiary/aromatic N) is 3. The maximum Gasteiger partial charge on any atom is 0.271 e. The number of aromatic nitrogens is 4. The molecule has 5 N–H and O–H groups in total. The van der Waals surface area contributed by atoms with E-state index in [-0.39, 0.29) is 34.5 Å². The number of hydrogen-bond acceptors (Lipinski definition) is 9. The number of amides is 1. The molecule has 0 saturated heterocycles. The standard InChI is InChI=1S/C8H6ClN3O.C7H8ClN3O.C7H16O3.CH4/c1-4-2-5-6(7(9)12-4)10-3-11-8(5)13;1-3-2-4(7(10)12)5(9)6(8)11-3;1-4-8-7(9-5-2)10-6-3;/h2-3H,1H3,(H,10,11,13);2H,9H2,1H3,(H2,10,12);7H,4-6H2,1-3H3;1H4. The predicted molar refractivity (Wildman–Crippen MR) is 142 cm³/mol. The number of carbonyl (C=O) groups excluding carboxylic acids is 1. The molecule has 13 heteroatoms. The summed E-state index contributed by atoms with van der Waals surface area (Å²) in [5.41, 5.74) is 12.4. The number of nitrogens with two attached hydrogens (primary N) is 2. The SMILES string of the molecule is C.CCOC(OCC)OCC.Cc1cc(C(N)=O)c(N)c(Cl)n1.Cc1cc2c(=O)[nH]cnc2c(Cl)n1. The van der Waals surface area contributed by atoms with Crippen LogP contribution >= 0.6 is 23.2 Å². The van der Waals surface area contributed by atoms with Crippen LogP contribution in [0.25, 0.3) is 10.9 Å². The number of nitrogens with one attached hydrogen (secondary N) is 1. The summed E-state index contributed by atoms with van der Waals surface area (Å²) in [6, 6.07) is 3.16. The van der Waals surface area contributed by atoms with Crippen LogP contribution in [0.4, 0.5) is 5.69 Å². The van der Waals surface area contributed by atoms with Gasteiger partial charge in [-0.3, -0.25) is 9.59 Å². The lowest BCUT2D eigenvalue weighted by Crippen LogP contribution is -2.20. The molecule has 0 fully saturated rings. The monoisotopic (exact) mass is 544 g/mol. The van der Waals surface area contributed by atoms with Crippen LogP contribution in [-0.4, -0.2) is 52.1 Å². The molecule has 0 aromatic carbocycles. The number of aromatic amines is 1. The third-order valence-corrected chi connectivity index (χ3v) is 4.58. The minimum Gasteiger partial charge on any atom is -0.396 e. The third-order valence-electron chi connectivity index (χ3n) is 4.03. The molecule has 3 heterocycles. The van der Waals surface area contributed by atoms with Crippen LogP contribution in [-0.2, 0) is 14.2 Å². The van der Waals surface area contributed by atoms with E-state index in [0.29, 0.717) is 42.1 Å². The molecule has 0 spiro atoms. The maximum absolute atomic E-state index is 11.3. The Morgan fingerprint density at radius 2 is 1.50 bits per heavy atom. The number of pyridine rings is 2. The smallest absolute Gasteiger partial charge is 0.271 e. The summed E-state index contributed by atoms with van der Waals surface area (Å²) in [6.45, 7) is 10.6. The van der Waals surface area contributed by atoms with Crippen molar-refractivity contribution in [2.45, 2.75) is 48.5 Å². The van der Waals surface area contributed by atoms with Gasteiger partial charge in [0.25, 0.3) is 17.9 Å². The molecule has 200 valence electrons. The largest absolute Gasteiger partial charge is 0.396 e. The Balaban J connectivity index is 0.000000509. The zero-order valence-electron chi connectivity index (χ0n) is 20.2. The molecule has 0 aliphatic rings. The molecule has 0 radical (unpaired) electrons. The predicted octanol–water partition coefficient (Wildman–Crippen LogP) is 4.02. The van der Waals surface area contributed by atoms with Gasteiger partial charge >= 0.3 is 0 Å². The van der Waals surface area contributed by atoms with E-state index in [1.165, 1.54) is 12.4 Å². The van der Waals surface area contributed by atoms with E-state index >= 15 is 0 Å². The van der Waals surface area contributed by atoms with Gasteiger partial charge < -0.3 is 30.7 Å². The van der Waals surface area contributed by atoms with Crippen molar-refractivity contribution in [2.75, 3.05) is 25.6 Å². The number of anilines is 1. The molecule has 3 rings (SSSR count). The van der Waals surface area contributed by atoms with E-state index in [9.17, 15) is 9.59 Å². The second-order valence-electron chi connectivity index (χ2n) is 6.72. The number of halogens is 2. The molecule has 0 atom stereocenters. The van der Waals surface area contributed by atoms with Gasteiger partial charge in [0.1, 0.15) is 5.52 Å². The van der Waals surface area contributed by atoms with E-state index in [1.54, 1.807) is 19.9 Å². The van der Waals surface area contributed by atoms with Crippen molar-refractivity contribution in [1.82, 2.24) is 19.9 Å². The Kier molecular flexibility index (Phi) is 15.5. The van der Waals surface area contributed by atoms with Crippen LogP contribution in [0.1, 0.15) is 49.9 Å². The molecular weight excluding hydrogens is 511 g/mol. The average molecular weight is 545 g/mol. The number of fused-ring (bicyclic) bond motifs is 1. The van der Waals surface area contributed by atoms with Crippen LogP contribution in [0.5, 0.6) is 0 Å². The van der Waals surface area contributed by atoms with Crippen LogP contribution in [0.2, 0.25) is 10.3 Å². The molecule has 0 bridgehead atoms. The summed E-state index contributed by atoms with van der Waals surface area (Å²) >= 11 is 11.4. The number of aryl methyl sites for hydroxylation is 2. The summed E-state index contributed by atoms with van der Waals surface area (Å²) < 4.78 is 15.2. The third kappa shape index (κ3) is 10.4. The molecule has 11 nitrogen and oxygen atoms in total. The quantitative estimate of drug-likeness (QED) is 0.293. The molecule has 0 aliphatic carbocycles. The number of ether oxygens (including phenoxy) is 3. The number of carbonyl (C=O) groups is 1. The first-order valence-corrected chi connectivity index (χ1v) is 11.4. The lowest BCUT2D eigenvalue weighted by molar-refractivity contribution is -0.282. The Morgan fingerprint density at radius 1 is 1.00 bits per heavy atom. The summed E-state index contributed by atoms with van der Waals surface area (Å²) in [5.74, 6) is -0.597. The lowest BCUT2D eigenvalue weighted by atomic mass is 10.2. The van der Waals surface area contributed by atoms with Crippen molar-refractivity contribution in [1.29, 1.82) is 0 Å². The fourth-order valence-electron chi connectivity index (χ4n) is 2.56. The highest BCUT2D eigenvalue weighted by Gasteiger charge is 2.10. The summed E-state index contributed by atoms with van der Waals surface area (Å²) in [5, 5.41) is 0.852. The highest BCUT2D eigenvalue weighted by Crippen LogP contribution is 2.20. The molecule has 1 amide bonds. The zero-order chi connectivity index (χ0) is 26.5. The minimum atomic E-state index is -0.597. The minimum absolute atomic E-state index is 0. The van der Waals surface area contributed by atoms with Crippen LogP contribution < -0.4 is 17.0 Å². The Morgan fingerprint density at radius 3 is 2.00 bits per heavy atom. The number of H-pyrrole nitrogens is 1. The zero-order valence-corrected chi connectivity index (χ0v) is 21.7. The van der Waals surface area contributed by atoms with Gasteiger partial charge in [0.05, 0.1) is 23.0 Å². The van der Waals surface area contributed by atoms with Crippen molar-refractivity contribution in [3.63, 3.8) is 0 Å². The fraction of sp³-hybridized carbons (Fsp3) is 0.435. The summed E-state index contributed by atoms with van der Waals surface area (Å²) in [7, 11) is 0. The van der Waals surface area contributed by atoms with Crippen LogP contribution in [0.3, 0.4) is 0 Å². The van der Waals surface area contributed by atoms with E-state index < -0.39 is 12.4 Å². The van der Waals surface area contributed by atoms with Crippen molar-refractivity contribution in [3.05, 3.63) is 56.1 Å².